The molecule has 1 amide bonds. The van der Waals surface area contributed by atoms with Crippen LogP contribution in [0.3, 0.4) is 0 Å². The average molecular weight is 531 g/mol. The second-order valence-corrected chi connectivity index (χ2v) is 9.68. The molecule has 0 spiro atoms. The van der Waals surface area contributed by atoms with Crippen LogP contribution in [0.1, 0.15) is 23.6 Å². The fourth-order valence-corrected chi connectivity index (χ4v) is 4.69. The Morgan fingerprint density at radius 3 is 1.97 bits per heavy atom. The Balaban J connectivity index is 1.55. The molecule has 2 N–H and O–H groups in total. The maximum Gasteiger partial charge on any atom is 0.339 e. The van der Waals surface area contributed by atoms with E-state index in [0.717, 1.165) is 0 Å². The predicted octanol–water partition coefficient (Wildman–Crippen LogP) is 4.24. The average Bonchev–Trinajstić information content (AvgIpc) is 2.95. The largest absolute Gasteiger partial charge is 0.490 e. The van der Waals surface area contributed by atoms with Gasteiger partial charge in [-0.15, -0.1) is 0 Å². The molecule has 0 unspecified atom stereocenters. The predicted molar refractivity (Wildman–Crippen MR) is 143 cm³/mol. The fraction of sp³-hybridized carbons (Fsp3) is 0.103. The quantitative estimate of drug-likeness (QED) is 0.180. The number of amides is 1. The lowest BCUT2D eigenvalue weighted by molar-refractivity contribution is -0.136. The molecule has 0 aliphatic rings. The summed E-state index contributed by atoms with van der Waals surface area (Å²) in [6.45, 7) is 2.02. The Bertz CT molecular complexity index is 1470. The SMILES string of the molecule is CCOc1cc(/C=N\NC(=O)C(O)(c2ccccc2)c2ccccc2)ccc1OS(=O)(=O)c1ccccc1. The maximum absolute atomic E-state index is 13.2. The number of hydrazone groups is 1. The number of nitrogens with one attached hydrogen (secondary N) is 1. The van der Waals surface area contributed by atoms with Gasteiger partial charge in [0.15, 0.2) is 17.1 Å². The van der Waals surface area contributed by atoms with E-state index >= 15 is 0 Å². The number of carbonyl (C=O) groups is 1. The van der Waals surface area contributed by atoms with Crippen LogP contribution >= 0.6 is 0 Å². The normalized spacial score (nSPS) is 11.7. The first kappa shape index (κ1) is 26.6. The molecule has 8 nitrogen and oxygen atoms in total. The smallest absolute Gasteiger partial charge is 0.339 e. The van der Waals surface area contributed by atoms with E-state index in [1.807, 2.05) is 0 Å². The van der Waals surface area contributed by atoms with E-state index in [2.05, 4.69) is 10.5 Å². The van der Waals surface area contributed by atoms with Gasteiger partial charge in [-0.2, -0.15) is 13.5 Å². The minimum Gasteiger partial charge on any atom is -0.490 e. The zero-order valence-corrected chi connectivity index (χ0v) is 21.3. The molecule has 0 heterocycles. The van der Waals surface area contributed by atoms with Crippen molar-refractivity contribution in [2.24, 2.45) is 5.10 Å². The molecule has 0 saturated carbocycles. The van der Waals surface area contributed by atoms with Crippen molar-refractivity contribution in [3.63, 3.8) is 0 Å². The van der Waals surface area contributed by atoms with E-state index in [0.29, 0.717) is 16.7 Å². The van der Waals surface area contributed by atoms with Crippen LogP contribution in [0.15, 0.2) is 119 Å². The molecule has 0 fully saturated rings. The van der Waals surface area contributed by atoms with Gasteiger partial charge in [0, 0.05) is 0 Å². The van der Waals surface area contributed by atoms with Crippen molar-refractivity contribution in [1.29, 1.82) is 0 Å². The molecule has 0 saturated heterocycles. The van der Waals surface area contributed by atoms with E-state index in [4.69, 9.17) is 8.92 Å². The molecule has 4 aromatic rings. The molecule has 0 atom stereocenters. The molecular weight excluding hydrogens is 504 g/mol. The zero-order chi connectivity index (χ0) is 27.0. The van der Waals surface area contributed by atoms with Gasteiger partial charge in [0.2, 0.25) is 0 Å². The highest BCUT2D eigenvalue weighted by molar-refractivity contribution is 7.87. The highest BCUT2D eigenvalue weighted by Gasteiger charge is 2.39. The molecule has 38 heavy (non-hydrogen) atoms. The van der Waals surface area contributed by atoms with Crippen LogP contribution in [-0.4, -0.2) is 32.3 Å². The van der Waals surface area contributed by atoms with Crippen LogP contribution in [0.4, 0.5) is 0 Å². The second-order valence-electron chi connectivity index (χ2n) is 8.13. The maximum atomic E-state index is 13.2. The Labute approximate surface area is 221 Å². The van der Waals surface area contributed by atoms with E-state index in [9.17, 15) is 18.3 Å². The van der Waals surface area contributed by atoms with Gasteiger partial charge in [-0.05, 0) is 53.9 Å². The number of benzene rings is 4. The summed E-state index contributed by atoms with van der Waals surface area (Å²) in [4.78, 5) is 13.2. The molecule has 0 aliphatic heterocycles. The number of nitrogens with zero attached hydrogens (tertiary/aromatic N) is 1. The molecule has 0 aliphatic carbocycles. The monoisotopic (exact) mass is 530 g/mol. The molecular formula is C29H26N2O6S. The van der Waals surface area contributed by atoms with E-state index in [-0.39, 0.29) is 23.0 Å². The van der Waals surface area contributed by atoms with E-state index in [1.165, 1.54) is 30.5 Å². The first-order chi connectivity index (χ1) is 18.3. The van der Waals surface area contributed by atoms with Crippen molar-refractivity contribution in [2.75, 3.05) is 6.61 Å². The molecule has 4 rings (SSSR count). The fourth-order valence-electron chi connectivity index (χ4n) is 3.73. The van der Waals surface area contributed by atoms with Crippen LogP contribution in [0, 0.1) is 0 Å². The Kier molecular flexibility index (Phi) is 8.20. The van der Waals surface area contributed by atoms with E-state index in [1.54, 1.807) is 91.9 Å². The number of aliphatic hydroxyl groups is 1. The molecule has 0 radical (unpaired) electrons. The Morgan fingerprint density at radius 2 is 1.42 bits per heavy atom. The van der Waals surface area contributed by atoms with Crippen LogP contribution in [0.5, 0.6) is 11.5 Å². The third-order valence-corrected chi connectivity index (χ3v) is 6.84. The summed E-state index contributed by atoms with van der Waals surface area (Å²) >= 11 is 0. The van der Waals surface area contributed by atoms with Gasteiger partial charge in [-0.3, -0.25) is 4.79 Å². The molecule has 194 valence electrons. The zero-order valence-electron chi connectivity index (χ0n) is 20.5. The second kappa shape index (κ2) is 11.7. The van der Waals surface area contributed by atoms with Gasteiger partial charge in [0.05, 0.1) is 12.8 Å². The van der Waals surface area contributed by atoms with Gasteiger partial charge in [0.25, 0.3) is 5.91 Å². The number of hydrogen-bond donors (Lipinski definition) is 2. The lowest BCUT2D eigenvalue weighted by Gasteiger charge is -2.27. The lowest BCUT2D eigenvalue weighted by atomic mass is 9.85. The first-order valence-electron chi connectivity index (χ1n) is 11.8. The standard InChI is InChI=1S/C29H26N2O6S/c1-2-36-27-20-22(18-19-26(27)37-38(34,35)25-16-10-5-11-17-25)21-30-31-28(32)29(33,23-12-6-3-7-13-23)24-14-8-4-9-15-24/h3-21,33H,2H2,1H3,(H,31,32)/b30-21-. The number of hydrogen-bond acceptors (Lipinski definition) is 7. The highest BCUT2D eigenvalue weighted by atomic mass is 32.2. The summed E-state index contributed by atoms with van der Waals surface area (Å²) in [6, 6.07) is 29.5. The minimum absolute atomic E-state index is 0.0134. The third kappa shape index (κ3) is 5.91. The Morgan fingerprint density at radius 1 is 0.868 bits per heavy atom. The first-order valence-corrected chi connectivity index (χ1v) is 13.2. The molecule has 4 aromatic carbocycles. The van der Waals surface area contributed by atoms with Crippen molar-refractivity contribution < 1.29 is 27.2 Å². The summed E-state index contributed by atoms with van der Waals surface area (Å²) in [5.41, 5.74) is 1.71. The molecule has 0 aromatic heterocycles. The van der Waals surface area contributed by atoms with Gasteiger partial charge in [-0.1, -0.05) is 78.9 Å². The topological polar surface area (TPSA) is 114 Å². The number of ether oxygens (including phenoxy) is 1. The van der Waals surface area contributed by atoms with Gasteiger partial charge in [-0.25, -0.2) is 5.43 Å². The Hall–Kier alpha value is -4.47. The van der Waals surface area contributed by atoms with Crippen molar-refractivity contribution in [3.8, 4) is 11.5 Å². The van der Waals surface area contributed by atoms with Crippen molar-refractivity contribution in [3.05, 3.63) is 126 Å². The van der Waals surface area contributed by atoms with Crippen molar-refractivity contribution in [2.45, 2.75) is 17.4 Å². The summed E-state index contributed by atoms with van der Waals surface area (Å²) in [5, 5.41) is 15.5. The number of carbonyl (C=O) groups excluding carboxylic acids is 1. The summed E-state index contributed by atoms with van der Waals surface area (Å²) < 4.78 is 36.2. The molecule has 0 bridgehead atoms. The van der Waals surface area contributed by atoms with Gasteiger partial charge >= 0.3 is 10.1 Å². The van der Waals surface area contributed by atoms with Crippen LogP contribution < -0.4 is 14.3 Å². The molecule has 9 heteroatoms. The highest BCUT2D eigenvalue weighted by Crippen LogP contribution is 2.32. The van der Waals surface area contributed by atoms with Crippen LogP contribution in [0.25, 0.3) is 0 Å². The summed E-state index contributed by atoms with van der Waals surface area (Å²) in [6.07, 6.45) is 1.35. The van der Waals surface area contributed by atoms with E-state index < -0.39 is 21.6 Å². The van der Waals surface area contributed by atoms with Crippen LogP contribution in [0.2, 0.25) is 0 Å². The van der Waals surface area contributed by atoms with Gasteiger partial charge < -0.3 is 14.0 Å². The minimum atomic E-state index is -4.06. The lowest BCUT2D eigenvalue weighted by Crippen LogP contribution is -2.43. The van der Waals surface area contributed by atoms with Crippen molar-refractivity contribution >= 4 is 22.2 Å². The van der Waals surface area contributed by atoms with Gasteiger partial charge in [0.1, 0.15) is 4.90 Å². The summed E-state index contributed by atoms with van der Waals surface area (Å²) in [5.74, 6) is -0.545. The van der Waals surface area contributed by atoms with Crippen molar-refractivity contribution in [1.82, 2.24) is 5.43 Å². The summed E-state index contributed by atoms with van der Waals surface area (Å²) in [7, 11) is -4.06. The number of rotatable bonds is 10. The third-order valence-electron chi connectivity index (χ3n) is 5.59. The van der Waals surface area contributed by atoms with Crippen LogP contribution in [-0.2, 0) is 20.5 Å².